The van der Waals surface area contributed by atoms with Gasteiger partial charge in [0.25, 0.3) is 5.91 Å². The number of methoxy groups -OCH3 is 1. The normalized spacial score (nSPS) is 11.9. The van der Waals surface area contributed by atoms with Gasteiger partial charge in [-0.25, -0.2) is 9.78 Å². The zero-order valence-electron chi connectivity index (χ0n) is 11.1. The minimum atomic E-state index is -0.801. The Bertz CT molecular complexity index is 590. The van der Waals surface area contributed by atoms with Crippen LogP contribution in [0.4, 0.5) is 0 Å². The van der Waals surface area contributed by atoms with Crippen molar-refractivity contribution in [3.05, 3.63) is 35.7 Å². The lowest BCUT2D eigenvalue weighted by atomic mass is 10.1. The lowest BCUT2D eigenvalue weighted by Crippen LogP contribution is -2.43. The predicted octanol–water partition coefficient (Wildman–Crippen LogP) is -0.0447. The van der Waals surface area contributed by atoms with Crippen LogP contribution in [-0.2, 0) is 16.0 Å². The molecular formula is C12H15N5O3. The molecule has 0 aromatic carbocycles. The zero-order valence-corrected chi connectivity index (χ0v) is 11.1. The van der Waals surface area contributed by atoms with E-state index in [-0.39, 0.29) is 12.1 Å². The van der Waals surface area contributed by atoms with Crippen molar-refractivity contribution in [2.75, 3.05) is 7.11 Å². The Kier molecular flexibility index (Phi) is 4.14. The van der Waals surface area contributed by atoms with Crippen molar-refractivity contribution in [1.82, 2.24) is 25.5 Å². The van der Waals surface area contributed by atoms with Crippen molar-refractivity contribution < 1.29 is 14.3 Å². The van der Waals surface area contributed by atoms with Gasteiger partial charge >= 0.3 is 5.97 Å². The number of hydrogen-bond acceptors (Lipinski definition) is 5. The molecule has 3 N–H and O–H groups in total. The van der Waals surface area contributed by atoms with Gasteiger partial charge in [-0.3, -0.25) is 9.89 Å². The van der Waals surface area contributed by atoms with Crippen LogP contribution in [0.5, 0.6) is 0 Å². The highest BCUT2D eigenvalue weighted by atomic mass is 16.5. The number of carbonyl (C=O) groups excluding carboxylic acids is 2. The molecule has 8 nitrogen and oxygen atoms in total. The first-order valence-corrected chi connectivity index (χ1v) is 5.98. The Balaban J connectivity index is 2.07. The Hall–Kier alpha value is -2.64. The molecule has 0 saturated heterocycles. The Labute approximate surface area is 114 Å². The van der Waals surface area contributed by atoms with E-state index in [0.29, 0.717) is 0 Å². The first kappa shape index (κ1) is 13.8. The van der Waals surface area contributed by atoms with Crippen LogP contribution in [0.15, 0.2) is 18.6 Å². The van der Waals surface area contributed by atoms with E-state index in [4.69, 9.17) is 0 Å². The second-order valence-corrected chi connectivity index (χ2v) is 4.27. The highest BCUT2D eigenvalue weighted by Gasteiger charge is 2.24. The summed E-state index contributed by atoms with van der Waals surface area (Å²) in [6, 6.07) is 0.796. The minimum absolute atomic E-state index is 0.223. The molecule has 0 aliphatic heterocycles. The molecule has 2 heterocycles. The summed E-state index contributed by atoms with van der Waals surface area (Å²) in [5.74, 6) is -0.968. The van der Waals surface area contributed by atoms with Gasteiger partial charge in [0.1, 0.15) is 11.7 Å². The van der Waals surface area contributed by atoms with Crippen molar-refractivity contribution in [2.45, 2.75) is 19.4 Å². The quantitative estimate of drug-likeness (QED) is 0.663. The van der Waals surface area contributed by atoms with Crippen LogP contribution >= 0.6 is 0 Å². The van der Waals surface area contributed by atoms with E-state index >= 15 is 0 Å². The minimum Gasteiger partial charge on any atom is -0.467 e. The molecule has 8 heteroatoms. The van der Waals surface area contributed by atoms with Crippen molar-refractivity contribution in [3.8, 4) is 0 Å². The van der Waals surface area contributed by atoms with Crippen LogP contribution in [0.1, 0.15) is 21.9 Å². The summed E-state index contributed by atoms with van der Waals surface area (Å²) >= 11 is 0. The molecule has 20 heavy (non-hydrogen) atoms. The van der Waals surface area contributed by atoms with E-state index in [1.165, 1.54) is 13.4 Å². The Morgan fingerprint density at radius 3 is 2.85 bits per heavy atom. The third-order valence-electron chi connectivity index (χ3n) is 2.71. The van der Waals surface area contributed by atoms with Gasteiger partial charge in [-0.05, 0) is 13.0 Å². The molecule has 1 atom stereocenters. The standard InChI is InChI=1S/C12H15N5O3/c1-7-3-9(17-16-7)11(18)15-10(12(19)20-2)4-8-5-13-6-14-8/h3,5-6,10H,4H2,1-2H3,(H,13,14)(H,15,18)(H,16,17)/t10-/m0/s1. The molecule has 0 bridgehead atoms. The van der Waals surface area contributed by atoms with Crippen molar-refractivity contribution in [1.29, 1.82) is 0 Å². The van der Waals surface area contributed by atoms with Crippen LogP contribution in [0.3, 0.4) is 0 Å². The van der Waals surface area contributed by atoms with Crippen LogP contribution < -0.4 is 5.32 Å². The lowest BCUT2D eigenvalue weighted by molar-refractivity contribution is -0.142. The fourth-order valence-electron chi connectivity index (χ4n) is 1.72. The summed E-state index contributed by atoms with van der Waals surface area (Å²) in [5, 5.41) is 9.10. The lowest BCUT2D eigenvalue weighted by Gasteiger charge is -2.14. The monoisotopic (exact) mass is 277 g/mol. The highest BCUT2D eigenvalue weighted by Crippen LogP contribution is 2.03. The molecule has 0 aliphatic rings. The molecule has 2 aromatic rings. The van der Waals surface area contributed by atoms with Crippen LogP contribution in [-0.4, -0.2) is 45.2 Å². The van der Waals surface area contributed by atoms with Gasteiger partial charge < -0.3 is 15.0 Å². The molecule has 0 saturated carbocycles. The number of nitrogens with zero attached hydrogens (tertiary/aromatic N) is 2. The van der Waals surface area contributed by atoms with E-state index < -0.39 is 17.9 Å². The first-order chi connectivity index (χ1) is 9.60. The fourth-order valence-corrected chi connectivity index (χ4v) is 1.72. The highest BCUT2D eigenvalue weighted by molar-refractivity contribution is 5.95. The smallest absolute Gasteiger partial charge is 0.328 e. The Morgan fingerprint density at radius 2 is 2.30 bits per heavy atom. The largest absolute Gasteiger partial charge is 0.467 e. The van der Waals surface area contributed by atoms with E-state index in [0.717, 1.165) is 11.4 Å². The average Bonchev–Trinajstić information content (AvgIpc) is 3.08. The summed E-state index contributed by atoms with van der Waals surface area (Å²) in [6.45, 7) is 1.78. The van der Waals surface area contributed by atoms with Crippen LogP contribution in [0.2, 0.25) is 0 Å². The van der Waals surface area contributed by atoms with Crippen molar-refractivity contribution in [3.63, 3.8) is 0 Å². The van der Waals surface area contributed by atoms with E-state index in [9.17, 15) is 9.59 Å². The number of nitrogens with one attached hydrogen (secondary N) is 3. The second-order valence-electron chi connectivity index (χ2n) is 4.27. The number of amides is 1. The number of esters is 1. The van der Waals surface area contributed by atoms with Crippen molar-refractivity contribution >= 4 is 11.9 Å². The molecule has 1 amide bonds. The van der Waals surface area contributed by atoms with Crippen LogP contribution in [0, 0.1) is 6.92 Å². The van der Waals surface area contributed by atoms with Gasteiger partial charge in [-0.2, -0.15) is 5.10 Å². The van der Waals surface area contributed by atoms with Gasteiger partial charge in [0.05, 0.1) is 13.4 Å². The van der Waals surface area contributed by atoms with Gasteiger partial charge in [-0.1, -0.05) is 0 Å². The number of carbonyl (C=O) groups is 2. The van der Waals surface area contributed by atoms with E-state index in [1.807, 2.05) is 0 Å². The summed E-state index contributed by atoms with van der Waals surface area (Å²) in [7, 11) is 1.27. The van der Waals surface area contributed by atoms with E-state index in [1.54, 1.807) is 19.2 Å². The maximum Gasteiger partial charge on any atom is 0.328 e. The molecule has 0 unspecified atom stereocenters. The fraction of sp³-hybridized carbons (Fsp3) is 0.333. The number of hydrogen-bond donors (Lipinski definition) is 3. The molecule has 106 valence electrons. The molecule has 2 rings (SSSR count). The Morgan fingerprint density at radius 1 is 1.50 bits per heavy atom. The number of rotatable bonds is 5. The maximum atomic E-state index is 12.0. The van der Waals surface area contributed by atoms with Gasteiger partial charge in [0, 0.05) is 24.0 Å². The van der Waals surface area contributed by atoms with Gasteiger partial charge in [-0.15, -0.1) is 0 Å². The number of imidazole rings is 1. The van der Waals surface area contributed by atoms with Crippen molar-refractivity contribution in [2.24, 2.45) is 0 Å². The number of H-pyrrole nitrogens is 2. The van der Waals surface area contributed by atoms with E-state index in [2.05, 4.69) is 30.2 Å². The van der Waals surface area contributed by atoms with Crippen LogP contribution in [0.25, 0.3) is 0 Å². The maximum absolute atomic E-state index is 12.0. The predicted molar refractivity (Wildman–Crippen MR) is 68.9 cm³/mol. The first-order valence-electron chi connectivity index (χ1n) is 5.98. The van der Waals surface area contributed by atoms with Gasteiger partial charge in [0.15, 0.2) is 0 Å². The molecule has 0 radical (unpaired) electrons. The van der Waals surface area contributed by atoms with Gasteiger partial charge in [0.2, 0.25) is 0 Å². The molecule has 2 aromatic heterocycles. The molecule has 0 spiro atoms. The third kappa shape index (κ3) is 3.22. The summed E-state index contributed by atoms with van der Waals surface area (Å²) in [4.78, 5) is 30.4. The number of aryl methyl sites for hydroxylation is 1. The molecule has 0 aliphatic carbocycles. The third-order valence-corrected chi connectivity index (χ3v) is 2.71. The topological polar surface area (TPSA) is 113 Å². The number of ether oxygens (including phenoxy) is 1. The summed E-state index contributed by atoms with van der Waals surface area (Å²) < 4.78 is 4.69. The summed E-state index contributed by atoms with van der Waals surface area (Å²) in [6.07, 6.45) is 3.35. The zero-order chi connectivity index (χ0) is 14.5. The SMILES string of the molecule is COC(=O)[C@H](Cc1cnc[nH]1)NC(=O)c1cc(C)[nH]n1. The number of aromatic nitrogens is 4. The average molecular weight is 277 g/mol. The molecule has 0 fully saturated rings. The number of aromatic amines is 2. The summed E-state index contributed by atoms with van der Waals surface area (Å²) in [5.41, 5.74) is 1.71. The second kappa shape index (κ2) is 6.00. The molecular weight excluding hydrogens is 262 g/mol.